The molecule has 0 aliphatic heterocycles. The summed E-state index contributed by atoms with van der Waals surface area (Å²) in [5.41, 5.74) is 2.78. The normalized spacial score (nSPS) is 19.6. The highest BCUT2D eigenvalue weighted by atomic mass is 16.2. The van der Waals surface area contributed by atoms with Gasteiger partial charge in [0.05, 0.1) is 0 Å². The van der Waals surface area contributed by atoms with Crippen molar-refractivity contribution in [2.75, 3.05) is 6.54 Å². The number of nitrogens with one attached hydrogen (secondary N) is 2. The van der Waals surface area contributed by atoms with Gasteiger partial charge in [-0.15, -0.1) is 0 Å². The predicted octanol–water partition coefficient (Wildman–Crippen LogP) is 3.52. The molecule has 2 atom stereocenters. The van der Waals surface area contributed by atoms with Crippen molar-refractivity contribution in [2.24, 2.45) is 0 Å². The fraction of sp³-hybridized carbons (Fsp3) is 0.409. The molecular weight excluding hydrogens is 350 g/mol. The average Bonchev–Trinajstić information content (AvgIpc) is 3.18. The molecule has 28 heavy (non-hydrogen) atoms. The van der Waals surface area contributed by atoms with Gasteiger partial charge in [-0.1, -0.05) is 18.2 Å². The summed E-state index contributed by atoms with van der Waals surface area (Å²) in [5, 5.41) is 4.70. The number of benzene rings is 1. The first kappa shape index (κ1) is 18.6. The molecule has 0 saturated heterocycles. The summed E-state index contributed by atoms with van der Waals surface area (Å²) < 4.78 is 0. The smallest absolute Gasteiger partial charge is 0.270 e. The van der Waals surface area contributed by atoms with Crippen LogP contribution in [0.2, 0.25) is 0 Å². The van der Waals surface area contributed by atoms with Crippen molar-refractivity contribution in [1.29, 1.82) is 0 Å². The van der Waals surface area contributed by atoms with Gasteiger partial charge in [0.15, 0.2) is 0 Å². The van der Waals surface area contributed by atoms with E-state index in [1.165, 1.54) is 0 Å². The van der Waals surface area contributed by atoms with E-state index in [1.807, 2.05) is 47.6 Å². The highest BCUT2D eigenvalue weighted by Crippen LogP contribution is 2.25. The second kappa shape index (κ2) is 8.52. The molecule has 2 heterocycles. The molecular formula is C22H27N5O. The lowest BCUT2D eigenvalue weighted by Gasteiger charge is -2.37. The molecule has 0 radical (unpaired) electrons. The summed E-state index contributed by atoms with van der Waals surface area (Å²) in [6, 6.07) is 10.7. The van der Waals surface area contributed by atoms with E-state index in [1.54, 1.807) is 6.33 Å². The number of aromatic amines is 1. The topological polar surface area (TPSA) is 73.9 Å². The van der Waals surface area contributed by atoms with E-state index in [0.717, 1.165) is 55.2 Å². The number of aromatic nitrogens is 3. The van der Waals surface area contributed by atoms with E-state index in [-0.39, 0.29) is 11.9 Å². The third-order valence-electron chi connectivity index (χ3n) is 5.66. The number of amides is 1. The maximum Gasteiger partial charge on any atom is 0.270 e. The Morgan fingerprint density at radius 1 is 1.25 bits per heavy atom. The van der Waals surface area contributed by atoms with Crippen molar-refractivity contribution in [2.45, 2.75) is 51.2 Å². The molecule has 2 aromatic heterocycles. The minimum Gasteiger partial charge on any atom is -0.351 e. The standard InChI is InChI=1S/C22H27N5O/c1-2-27(22(28)21-10-17-6-3-4-9-20(17)26-21)19-8-5-7-18(11-19)25-14-16-12-23-15-24-13-16/h3-4,6,9-10,12-13,15,18-19,25-26H,2,5,7-8,11,14H2,1H3/t18-,19+/m1/s1. The quantitative estimate of drug-likeness (QED) is 0.689. The SMILES string of the molecule is CCN(C(=O)c1cc2ccccc2[nH]1)[C@H]1CCC[C@@H](NCc2cncnc2)C1. The third kappa shape index (κ3) is 4.07. The van der Waals surface area contributed by atoms with Crippen molar-refractivity contribution in [3.05, 3.63) is 60.3 Å². The highest BCUT2D eigenvalue weighted by Gasteiger charge is 2.29. The minimum absolute atomic E-state index is 0.0980. The Hall–Kier alpha value is -2.73. The Labute approximate surface area is 165 Å². The molecule has 1 amide bonds. The molecule has 6 heteroatoms. The third-order valence-corrected chi connectivity index (χ3v) is 5.66. The van der Waals surface area contributed by atoms with Crippen LogP contribution in [0.25, 0.3) is 10.9 Å². The lowest BCUT2D eigenvalue weighted by atomic mass is 9.89. The largest absolute Gasteiger partial charge is 0.351 e. The first-order valence-corrected chi connectivity index (χ1v) is 10.1. The number of fused-ring (bicyclic) bond motifs is 1. The Bertz CT molecular complexity index is 890. The molecule has 1 aliphatic rings. The molecule has 6 nitrogen and oxygen atoms in total. The predicted molar refractivity (Wildman–Crippen MR) is 110 cm³/mol. The number of nitrogens with zero attached hydrogens (tertiary/aromatic N) is 3. The Kier molecular flexibility index (Phi) is 5.67. The number of carbonyl (C=O) groups excluding carboxylic acids is 1. The Morgan fingerprint density at radius 2 is 2.07 bits per heavy atom. The van der Waals surface area contributed by atoms with Crippen LogP contribution in [0.4, 0.5) is 0 Å². The van der Waals surface area contributed by atoms with Crippen molar-refractivity contribution in [3.8, 4) is 0 Å². The van der Waals surface area contributed by atoms with E-state index in [4.69, 9.17) is 0 Å². The number of H-pyrrole nitrogens is 1. The number of para-hydroxylation sites is 1. The molecule has 0 bridgehead atoms. The lowest BCUT2D eigenvalue weighted by molar-refractivity contribution is 0.0623. The molecule has 1 aromatic carbocycles. The maximum absolute atomic E-state index is 13.2. The summed E-state index contributed by atoms with van der Waals surface area (Å²) in [6.45, 7) is 3.55. The second-order valence-electron chi connectivity index (χ2n) is 7.51. The average molecular weight is 377 g/mol. The Morgan fingerprint density at radius 3 is 2.86 bits per heavy atom. The van der Waals surface area contributed by atoms with Crippen LogP contribution in [-0.4, -0.2) is 44.4 Å². The molecule has 0 unspecified atom stereocenters. The molecule has 4 rings (SSSR count). The first-order chi connectivity index (χ1) is 13.7. The van der Waals surface area contributed by atoms with E-state index >= 15 is 0 Å². The Balaban J connectivity index is 1.42. The zero-order chi connectivity index (χ0) is 19.3. The minimum atomic E-state index is 0.0980. The fourth-order valence-corrected chi connectivity index (χ4v) is 4.23. The molecule has 1 fully saturated rings. The summed E-state index contributed by atoms with van der Waals surface area (Å²) in [6.07, 6.45) is 9.55. The van der Waals surface area contributed by atoms with E-state index < -0.39 is 0 Å². The van der Waals surface area contributed by atoms with Gasteiger partial charge in [0.1, 0.15) is 12.0 Å². The molecule has 0 spiro atoms. The van der Waals surface area contributed by atoms with Gasteiger partial charge in [0.2, 0.25) is 0 Å². The van der Waals surface area contributed by atoms with Gasteiger partial charge in [0.25, 0.3) is 5.91 Å². The number of hydrogen-bond acceptors (Lipinski definition) is 4. The van der Waals surface area contributed by atoms with Crippen molar-refractivity contribution >= 4 is 16.8 Å². The van der Waals surface area contributed by atoms with Gasteiger partial charge >= 0.3 is 0 Å². The molecule has 146 valence electrons. The van der Waals surface area contributed by atoms with Crippen LogP contribution < -0.4 is 5.32 Å². The van der Waals surface area contributed by atoms with Crippen LogP contribution in [0.5, 0.6) is 0 Å². The van der Waals surface area contributed by atoms with E-state index in [9.17, 15) is 4.79 Å². The van der Waals surface area contributed by atoms with Crippen LogP contribution in [0.3, 0.4) is 0 Å². The molecule has 1 aliphatic carbocycles. The molecule has 2 N–H and O–H groups in total. The monoisotopic (exact) mass is 377 g/mol. The maximum atomic E-state index is 13.2. The van der Waals surface area contributed by atoms with Crippen LogP contribution in [0.15, 0.2) is 49.1 Å². The summed E-state index contributed by atoms with van der Waals surface area (Å²) in [7, 11) is 0. The summed E-state index contributed by atoms with van der Waals surface area (Å²) in [5.74, 6) is 0.0980. The van der Waals surface area contributed by atoms with Gasteiger partial charge in [-0.3, -0.25) is 4.79 Å². The van der Waals surface area contributed by atoms with Crippen molar-refractivity contribution < 1.29 is 4.79 Å². The van der Waals surface area contributed by atoms with Gasteiger partial charge in [-0.25, -0.2) is 9.97 Å². The van der Waals surface area contributed by atoms with Gasteiger partial charge in [-0.2, -0.15) is 0 Å². The van der Waals surface area contributed by atoms with Crippen LogP contribution in [-0.2, 0) is 6.54 Å². The molecule has 3 aromatic rings. The number of carbonyl (C=O) groups is 1. The first-order valence-electron chi connectivity index (χ1n) is 10.1. The van der Waals surface area contributed by atoms with E-state index in [0.29, 0.717) is 11.7 Å². The van der Waals surface area contributed by atoms with E-state index in [2.05, 4.69) is 27.2 Å². The number of hydrogen-bond donors (Lipinski definition) is 2. The fourth-order valence-electron chi connectivity index (χ4n) is 4.23. The van der Waals surface area contributed by atoms with Crippen molar-refractivity contribution in [3.63, 3.8) is 0 Å². The number of rotatable bonds is 6. The van der Waals surface area contributed by atoms with Gasteiger partial charge in [0, 0.05) is 54.0 Å². The van der Waals surface area contributed by atoms with Crippen LogP contribution in [0.1, 0.15) is 48.7 Å². The lowest BCUT2D eigenvalue weighted by Crippen LogP contribution is -2.46. The summed E-state index contributed by atoms with van der Waals surface area (Å²) >= 11 is 0. The zero-order valence-electron chi connectivity index (χ0n) is 16.3. The van der Waals surface area contributed by atoms with Crippen LogP contribution >= 0.6 is 0 Å². The summed E-state index contributed by atoms with van der Waals surface area (Å²) in [4.78, 5) is 26.7. The zero-order valence-corrected chi connectivity index (χ0v) is 16.3. The second-order valence-corrected chi connectivity index (χ2v) is 7.51. The van der Waals surface area contributed by atoms with Crippen LogP contribution in [0, 0.1) is 0 Å². The highest BCUT2D eigenvalue weighted by molar-refractivity contribution is 5.98. The van der Waals surface area contributed by atoms with Gasteiger partial charge in [-0.05, 0) is 44.7 Å². The molecule has 1 saturated carbocycles. The van der Waals surface area contributed by atoms with Gasteiger partial charge < -0.3 is 15.2 Å². The van der Waals surface area contributed by atoms with Crippen molar-refractivity contribution in [1.82, 2.24) is 25.2 Å².